The summed E-state index contributed by atoms with van der Waals surface area (Å²) in [7, 11) is 0. The first-order chi connectivity index (χ1) is 7.36. The summed E-state index contributed by atoms with van der Waals surface area (Å²) in [6.07, 6.45) is 6.49. The molecule has 0 aliphatic heterocycles. The van der Waals surface area contributed by atoms with Crippen LogP contribution in [0.25, 0.3) is 0 Å². The van der Waals surface area contributed by atoms with Crippen LogP contribution >= 0.6 is 0 Å². The van der Waals surface area contributed by atoms with Crippen molar-refractivity contribution in [1.29, 1.82) is 0 Å². The molecule has 0 aromatic carbocycles. The maximum Gasteiger partial charge on any atom is 0.185 e. The van der Waals surface area contributed by atoms with E-state index in [4.69, 9.17) is 4.42 Å². The molecule has 0 fully saturated rings. The Morgan fingerprint density at radius 1 is 1.33 bits per heavy atom. The fourth-order valence-corrected chi connectivity index (χ4v) is 1.27. The van der Waals surface area contributed by atoms with Gasteiger partial charge in [0.15, 0.2) is 17.8 Å². The minimum Gasteiger partial charge on any atom is -0.445 e. The summed E-state index contributed by atoms with van der Waals surface area (Å²) in [5.41, 5.74) is 0. The van der Waals surface area contributed by atoms with Crippen molar-refractivity contribution in [3.63, 3.8) is 0 Å². The molecule has 0 saturated heterocycles. The van der Waals surface area contributed by atoms with E-state index in [1.54, 1.807) is 12.1 Å². The molecule has 1 heterocycles. The second kappa shape index (κ2) is 6.89. The normalized spacial score (nSPS) is 9.40. The molecule has 2 nitrogen and oxygen atoms in total. The molecule has 80 valence electrons. The summed E-state index contributed by atoms with van der Waals surface area (Å²) in [5.74, 6) is 6.85. The summed E-state index contributed by atoms with van der Waals surface area (Å²) < 4.78 is 5.12. The van der Waals surface area contributed by atoms with Crippen LogP contribution in [0.3, 0.4) is 0 Å². The summed E-state index contributed by atoms with van der Waals surface area (Å²) >= 11 is 0. The number of rotatable bonds is 5. The SMILES string of the molecule is CCCCCCC#Cc1ccc(C=O)o1. The third-order valence-electron chi connectivity index (χ3n) is 2.11. The van der Waals surface area contributed by atoms with Crippen LogP contribution in [0, 0.1) is 11.8 Å². The van der Waals surface area contributed by atoms with Crippen LogP contribution in [0.15, 0.2) is 16.5 Å². The number of aldehydes is 1. The van der Waals surface area contributed by atoms with E-state index in [-0.39, 0.29) is 0 Å². The van der Waals surface area contributed by atoms with Gasteiger partial charge in [-0.25, -0.2) is 0 Å². The van der Waals surface area contributed by atoms with Crippen molar-refractivity contribution in [3.05, 3.63) is 23.7 Å². The quantitative estimate of drug-likeness (QED) is 0.418. The Morgan fingerprint density at radius 3 is 2.87 bits per heavy atom. The molecule has 0 amide bonds. The Morgan fingerprint density at radius 2 is 2.20 bits per heavy atom. The first kappa shape index (κ1) is 11.6. The lowest BCUT2D eigenvalue weighted by atomic mass is 10.1. The van der Waals surface area contributed by atoms with Gasteiger partial charge in [0, 0.05) is 6.42 Å². The molecule has 2 heteroatoms. The minimum atomic E-state index is 0.338. The van der Waals surface area contributed by atoms with Crippen molar-refractivity contribution in [2.75, 3.05) is 0 Å². The third-order valence-corrected chi connectivity index (χ3v) is 2.11. The average Bonchev–Trinajstić information content (AvgIpc) is 2.71. The van der Waals surface area contributed by atoms with Crippen LogP contribution in [0.4, 0.5) is 0 Å². The van der Waals surface area contributed by atoms with Crippen LogP contribution in [0.1, 0.15) is 55.3 Å². The number of hydrogen-bond acceptors (Lipinski definition) is 2. The molecule has 0 unspecified atom stereocenters. The lowest BCUT2D eigenvalue weighted by molar-refractivity contribution is 0.110. The van der Waals surface area contributed by atoms with E-state index < -0.39 is 0 Å². The van der Waals surface area contributed by atoms with E-state index >= 15 is 0 Å². The van der Waals surface area contributed by atoms with Gasteiger partial charge in [0.1, 0.15) is 0 Å². The van der Waals surface area contributed by atoms with E-state index in [1.807, 2.05) is 0 Å². The van der Waals surface area contributed by atoms with Gasteiger partial charge in [0.05, 0.1) is 0 Å². The van der Waals surface area contributed by atoms with Crippen molar-refractivity contribution in [1.82, 2.24) is 0 Å². The fourth-order valence-electron chi connectivity index (χ4n) is 1.27. The predicted octanol–water partition coefficient (Wildman–Crippen LogP) is 3.41. The first-order valence-corrected chi connectivity index (χ1v) is 5.40. The highest BCUT2D eigenvalue weighted by Gasteiger charge is 1.95. The Labute approximate surface area is 90.7 Å². The average molecular weight is 204 g/mol. The van der Waals surface area contributed by atoms with Crippen LogP contribution in [0.2, 0.25) is 0 Å². The second-order valence-corrected chi connectivity index (χ2v) is 3.43. The number of hydrogen-bond donors (Lipinski definition) is 0. The molecular weight excluding hydrogens is 188 g/mol. The van der Waals surface area contributed by atoms with Crippen molar-refractivity contribution in [2.45, 2.75) is 39.0 Å². The van der Waals surface area contributed by atoms with Gasteiger partial charge in [-0.15, -0.1) is 0 Å². The van der Waals surface area contributed by atoms with Crippen LogP contribution in [0.5, 0.6) is 0 Å². The van der Waals surface area contributed by atoms with Crippen molar-refractivity contribution in [3.8, 4) is 11.8 Å². The van der Waals surface area contributed by atoms with Crippen LogP contribution < -0.4 is 0 Å². The molecule has 0 aliphatic carbocycles. The number of furan rings is 1. The molecule has 0 atom stereocenters. The summed E-state index contributed by atoms with van der Waals surface area (Å²) in [6.45, 7) is 2.19. The van der Waals surface area contributed by atoms with Gasteiger partial charge in [-0.3, -0.25) is 4.79 Å². The van der Waals surface area contributed by atoms with Crippen molar-refractivity contribution >= 4 is 6.29 Å². The Hall–Kier alpha value is -1.49. The highest BCUT2D eigenvalue weighted by molar-refractivity contribution is 5.70. The Balaban J connectivity index is 2.28. The van der Waals surface area contributed by atoms with Gasteiger partial charge in [-0.1, -0.05) is 32.1 Å². The zero-order valence-electron chi connectivity index (χ0n) is 9.08. The van der Waals surface area contributed by atoms with E-state index in [0.29, 0.717) is 17.8 Å². The summed E-state index contributed by atoms with van der Waals surface area (Å²) in [4.78, 5) is 10.3. The molecule has 1 rings (SSSR count). The Kier molecular flexibility index (Phi) is 5.32. The van der Waals surface area contributed by atoms with Gasteiger partial charge in [-0.2, -0.15) is 0 Å². The second-order valence-electron chi connectivity index (χ2n) is 3.43. The van der Waals surface area contributed by atoms with Crippen molar-refractivity contribution < 1.29 is 9.21 Å². The molecule has 0 spiro atoms. The number of carbonyl (C=O) groups excluding carboxylic acids is 1. The predicted molar refractivity (Wildman–Crippen MR) is 59.7 cm³/mol. The van der Waals surface area contributed by atoms with E-state index in [9.17, 15) is 4.79 Å². The van der Waals surface area contributed by atoms with Gasteiger partial charge in [0.2, 0.25) is 0 Å². The highest BCUT2D eigenvalue weighted by atomic mass is 16.3. The van der Waals surface area contributed by atoms with Crippen molar-refractivity contribution in [2.24, 2.45) is 0 Å². The molecule has 1 aromatic rings. The maximum atomic E-state index is 10.3. The van der Waals surface area contributed by atoms with Gasteiger partial charge in [-0.05, 0) is 24.5 Å². The topological polar surface area (TPSA) is 30.2 Å². The number of carbonyl (C=O) groups is 1. The van der Waals surface area contributed by atoms with Gasteiger partial charge in [0.25, 0.3) is 0 Å². The standard InChI is InChI=1S/C13H16O2/c1-2-3-4-5-6-7-8-12-9-10-13(11-14)15-12/h9-11H,2-6H2,1H3. The fraction of sp³-hybridized carbons (Fsp3) is 0.462. The highest BCUT2D eigenvalue weighted by Crippen LogP contribution is 2.04. The molecule has 0 bridgehead atoms. The minimum absolute atomic E-state index is 0.338. The lowest BCUT2D eigenvalue weighted by Crippen LogP contribution is -1.74. The monoisotopic (exact) mass is 204 g/mol. The van der Waals surface area contributed by atoms with Gasteiger partial charge >= 0.3 is 0 Å². The lowest BCUT2D eigenvalue weighted by Gasteiger charge is -1.91. The zero-order chi connectivity index (χ0) is 10.9. The first-order valence-electron chi connectivity index (χ1n) is 5.40. The molecule has 0 saturated carbocycles. The van der Waals surface area contributed by atoms with E-state index in [1.165, 1.54) is 19.3 Å². The smallest absolute Gasteiger partial charge is 0.185 e. The zero-order valence-corrected chi connectivity index (χ0v) is 9.08. The van der Waals surface area contributed by atoms with Crippen LogP contribution in [-0.2, 0) is 0 Å². The molecular formula is C13H16O2. The van der Waals surface area contributed by atoms with E-state index in [2.05, 4.69) is 18.8 Å². The number of unbranched alkanes of at least 4 members (excludes halogenated alkanes) is 4. The molecule has 15 heavy (non-hydrogen) atoms. The third kappa shape index (κ3) is 4.51. The van der Waals surface area contributed by atoms with Crippen LogP contribution in [-0.4, -0.2) is 6.29 Å². The summed E-state index contributed by atoms with van der Waals surface area (Å²) in [6, 6.07) is 3.36. The molecule has 1 aromatic heterocycles. The molecule has 0 N–H and O–H groups in total. The molecule has 0 aliphatic rings. The summed E-state index contributed by atoms with van der Waals surface area (Å²) in [5, 5.41) is 0. The molecule has 0 radical (unpaired) electrons. The van der Waals surface area contributed by atoms with E-state index in [0.717, 1.165) is 12.8 Å². The Bertz CT molecular complexity index is 352. The maximum absolute atomic E-state index is 10.3. The van der Waals surface area contributed by atoms with Gasteiger partial charge < -0.3 is 4.42 Å². The largest absolute Gasteiger partial charge is 0.445 e.